The van der Waals surface area contributed by atoms with Crippen LogP contribution in [0.3, 0.4) is 0 Å². The standard InChI is InChI=1S/C19H25BrO/c1-15(7-5-9-17(20)12-14-21)10-11-18-16(2)8-6-13-19(18,3)4/h5,7,9-12,14H,6,8,13H2,1-4H3. The second-order valence-corrected chi connectivity index (χ2v) is 7.14. The Kier molecular flexibility index (Phi) is 7.10. The molecule has 0 heterocycles. The normalized spacial score (nSPS) is 20.6. The first-order valence-corrected chi connectivity index (χ1v) is 8.20. The Hall–Kier alpha value is -1.15. The Morgan fingerprint density at radius 1 is 1.24 bits per heavy atom. The van der Waals surface area contributed by atoms with Crippen LogP contribution in [-0.2, 0) is 4.79 Å². The molecule has 0 spiro atoms. The van der Waals surface area contributed by atoms with Crippen molar-refractivity contribution in [3.05, 3.63) is 57.7 Å². The molecule has 1 aliphatic carbocycles. The zero-order chi connectivity index (χ0) is 15.9. The minimum Gasteiger partial charge on any atom is -0.299 e. The first-order chi connectivity index (χ1) is 9.86. The molecule has 0 aromatic heterocycles. The van der Waals surface area contributed by atoms with Gasteiger partial charge in [-0.1, -0.05) is 65.2 Å². The molecule has 0 aromatic carbocycles. The highest BCUT2D eigenvalue weighted by Crippen LogP contribution is 2.40. The lowest BCUT2D eigenvalue weighted by atomic mass is 9.72. The predicted molar refractivity (Wildman–Crippen MR) is 95.4 cm³/mol. The molecule has 0 amide bonds. The molecule has 0 N–H and O–H groups in total. The largest absolute Gasteiger partial charge is 0.299 e. The van der Waals surface area contributed by atoms with E-state index in [9.17, 15) is 4.79 Å². The van der Waals surface area contributed by atoms with Crippen LogP contribution in [0.4, 0.5) is 0 Å². The second kappa shape index (κ2) is 8.33. The molecular weight excluding hydrogens is 324 g/mol. The van der Waals surface area contributed by atoms with Gasteiger partial charge in [0, 0.05) is 4.48 Å². The van der Waals surface area contributed by atoms with E-state index >= 15 is 0 Å². The van der Waals surface area contributed by atoms with Crippen molar-refractivity contribution in [2.24, 2.45) is 5.41 Å². The van der Waals surface area contributed by atoms with Crippen LogP contribution in [0.15, 0.2) is 57.7 Å². The third-order valence-corrected chi connectivity index (χ3v) is 4.43. The Balaban J connectivity index is 2.80. The van der Waals surface area contributed by atoms with Crippen molar-refractivity contribution in [3.63, 3.8) is 0 Å². The number of rotatable bonds is 5. The van der Waals surface area contributed by atoms with Crippen molar-refractivity contribution in [3.8, 4) is 0 Å². The molecule has 0 atom stereocenters. The van der Waals surface area contributed by atoms with E-state index in [2.05, 4.69) is 55.8 Å². The van der Waals surface area contributed by atoms with Crippen molar-refractivity contribution in [1.82, 2.24) is 0 Å². The number of carbonyl (C=O) groups is 1. The van der Waals surface area contributed by atoms with Gasteiger partial charge in [-0.25, -0.2) is 0 Å². The summed E-state index contributed by atoms with van der Waals surface area (Å²) in [6.45, 7) is 9.00. The summed E-state index contributed by atoms with van der Waals surface area (Å²) in [4.78, 5) is 10.3. The van der Waals surface area contributed by atoms with E-state index in [-0.39, 0.29) is 5.41 Å². The van der Waals surface area contributed by atoms with Gasteiger partial charge in [0.15, 0.2) is 0 Å². The van der Waals surface area contributed by atoms with Gasteiger partial charge in [-0.15, -0.1) is 0 Å². The van der Waals surface area contributed by atoms with Gasteiger partial charge in [0.25, 0.3) is 0 Å². The van der Waals surface area contributed by atoms with E-state index < -0.39 is 0 Å². The predicted octanol–water partition coefficient (Wildman–Crippen LogP) is 6.05. The molecule has 0 bridgehead atoms. The molecule has 0 saturated heterocycles. The van der Waals surface area contributed by atoms with Crippen molar-refractivity contribution in [1.29, 1.82) is 0 Å². The number of hydrogen-bond acceptors (Lipinski definition) is 1. The van der Waals surface area contributed by atoms with E-state index in [0.29, 0.717) is 0 Å². The Bertz CT molecular complexity index is 528. The fourth-order valence-corrected chi connectivity index (χ4v) is 2.95. The van der Waals surface area contributed by atoms with Crippen molar-refractivity contribution < 1.29 is 4.79 Å². The highest BCUT2D eigenvalue weighted by Gasteiger charge is 2.26. The van der Waals surface area contributed by atoms with E-state index in [4.69, 9.17) is 0 Å². The average molecular weight is 349 g/mol. The molecular formula is C19H25BrO. The topological polar surface area (TPSA) is 17.1 Å². The molecule has 21 heavy (non-hydrogen) atoms. The third kappa shape index (κ3) is 6.01. The molecule has 0 aliphatic heterocycles. The van der Waals surface area contributed by atoms with Crippen LogP contribution in [0.25, 0.3) is 0 Å². The highest BCUT2D eigenvalue weighted by atomic mass is 79.9. The second-order valence-electron chi connectivity index (χ2n) is 6.22. The Morgan fingerprint density at radius 3 is 2.57 bits per heavy atom. The zero-order valence-electron chi connectivity index (χ0n) is 13.4. The Labute approximate surface area is 137 Å². The average Bonchev–Trinajstić information content (AvgIpc) is 2.37. The van der Waals surface area contributed by atoms with Gasteiger partial charge in [-0.3, -0.25) is 4.79 Å². The maximum absolute atomic E-state index is 10.3. The molecule has 0 saturated carbocycles. The number of aldehydes is 1. The lowest BCUT2D eigenvalue weighted by Gasteiger charge is -2.32. The summed E-state index contributed by atoms with van der Waals surface area (Å²) in [6.07, 6.45) is 16.3. The van der Waals surface area contributed by atoms with Gasteiger partial charge in [0.05, 0.1) is 0 Å². The number of hydrogen-bond donors (Lipinski definition) is 0. The summed E-state index contributed by atoms with van der Waals surface area (Å²) in [5.41, 5.74) is 4.47. The van der Waals surface area contributed by atoms with Gasteiger partial charge >= 0.3 is 0 Å². The fourth-order valence-electron chi connectivity index (χ4n) is 2.69. The van der Waals surface area contributed by atoms with Crippen molar-refractivity contribution in [2.75, 3.05) is 0 Å². The summed E-state index contributed by atoms with van der Waals surface area (Å²) in [5, 5.41) is 0. The molecule has 1 nitrogen and oxygen atoms in total. The molecule has 2 heteroatoms. The summed E-state index contributed by atoms with van der Waals surface area (Å²) in [5.74, 6) is 0. The SMILES string of the molecule is CC(C=CC1=C(C)CCCC1(C)C)=CC=CC(Br)=CC=O. The van der Waals surface area contributed by atoms with E-state index in [1.165, 1.54) is 42.1 Å². The van der Waals surface area contributed by atoms with Crippen LogP contribution in [0.5, 0.6) is 0 Å². The molecule has 0 unspecified atom stereocenters. The van der Waals surface area contributed by atoms with E-state index in [1.807, 2.05) is 18.2 Å². The molecule has 1 rings (SSSR count). The summed E-state index contributed by atoms with van der Waals surface area (Å²) in [6, 6.07) is 0. The molecule has 114 valence electrons. The molecule has 0 aromatic rings. The van der Waals surface area contributed by atoms with E-state index in [1.54, 1.807) is 0 Å². The maximum Gasteiger partial charge on any atom is 0.143 e. The van der Waals surface area contributed by atoms with Gasteiger partial charge in [-0.2, -0.15) is 0 Å². The number of allylic oxidation sites excluding steroid dienone is 10. The number of carbonyl (C=O) groups excluding carboxylic acids is 1. The molecule has 0 radical (unpaired) electrons. The molecule has 1 aliphatic rings. The maximum atomic E-state index is 10.3. The fraction of sp³-hybridized carbons (Fsp3) is 0.421. The highest BCUT2D eigenvalue weighted by molar-refractivity contribution is 9.11. The third-order valence-electron chi connectivity index (χ3n) is 3.90. The van der Waals surface area contributed by atoms with Crippen LogP contribution in [0, 0.1) is 5.41 Å². The van der Waals surface area contributed by atoms with Crippen molar-refractivity contribution in [2.45, 2.75) is 47.0 Å². The lowest BCUT2D eigenvalue weighted by Crippen LogP contribution is -2.19. The van der Waals surface area contributed by atoms with Crippen LogP contribution in [-0.4, -0.2) is 6.29 Å². The van der Waals surface area contributed by atoms with Crippen LogP contribution in [0.1, 0.15) is 47.0 Å². The first kappa shape index (κ1) is 17.9. The van der Waals surface area contributed by atoms with Gasteiger partial charge < -0.3 is 0 Å². The summed E-state index contributed by atoms with van der Waals surface area (Å²) in [7, 11) is 0. The first-order valence-electron chi connectivity index (χ1n) is 7.41. The quantitative estimate of drug-likeness (QED) is 0.335. The minimum atomic E-state index is 0.282. The lowest BCUT2D eigenvalue weighted by molar-refractivity contribution is -0.104. The van der Waals surface area contributed by atoms with Crippen LogP contribution >= 0.6 is 15.9 Å². The van der Waals surface area contributed by atoms with Crippen LogP contribution < -0.4 is 0 Å². The van der Waals surface area contributed by atoms with Gasteiger partial charge in [0.1, 0.15) is 6.29 Å². The van der Waals surface area contributed by atoms with Crippen molar-refractivity contribution >= 4 is 22.2 Å². The number of halogens is 1. The van der Waals surface area contributed by atoms with Gasteiger partial charge in [-0.05, 0) is 56.3 Å². The summed E-state index contributed by atoms with van der Waals surface area (Å²) >= 11 is 3.30. The monoisotopic (exact) mass is 348 g/mol. The van der Waals surface area contributed by atoms with Crippen LogP contribution in [0.2, 0.25) is 0 Å². The smallest absolute Gasteiger partial charge is 0.143 e. The minimum absolute atomic E-state index is 0.282. The van der Waals surface area contributed by atoms with Gasteiger partial charge in [0.2, 0.25) is 0 Å². The molecule has 0 fully saturated rings. The van der Waals surface area contributed by atoms with E-state index in [0.717, 1.165) is 10.8 Å². The Morgan fingerprint density at radius 2 is 1.95 bits per heavy atom. The zero-order valence-corrected chi connectivity index (χ0v) is 15.0. The summed E-state index contributed by atoms with van der Waals surface area (Å²) < 4.78 is 0.775.